The molecule has 104 valence electrons. The Labute approximate surface area is 106 Å². The van der Waals surface area contributed by atoms with Gasteiger partial charge < -0.3 is 9.63 Å². The van der Waals surface area contributed by atoms with E-state index in [1.54, 1.807) is 6.92 Å². The van der Waals surface area contributed by atoms with E-state index in [-0.39, 0.29) is 0 Å². The Morgan fingerprint density at radius 3 is 2.35 bits per heavy atom. The van der Waals surface area contributed by atoms with E-state index in [4.69, 9.17) is 9.63 Å². The molecule has 2 atom stereocenters. The van der Waals surface area contributed by atoms with Gasteiger partial charge in [-0.25, -0.2) is 0 Å². The van der Waals surface area contributed by atoms with E-state index in [9.17, 15) is 4.57 Å². The zero-order valence-electron chi connectivity index (χ0n) is 11.4. The second-order valence-electron chi connectivity index (χ2n) is 3.51. The summed E-state index contributed by atoms with van der Waals surface area (Å²) in [7, 11) is -2.85. The molecule has 0 aliphatic heterocycles. The van der Waals surface area contributed by atoms with Gasteiger partial charge in [-0.2, -0.15) is 0 Å². The third kappa shape index (κ3) is 21.7. The molecule has 0 heterocycles. The van der Waals surface area contributed by atoms with Crippen LogP contribution >= 0.6 is 8.25 Å². The Morgan fingerprint density at radius 1 is 1.35 bits per heavy atom. The highest BCUT2D eigenvalue weighted by molar-refractivity contribution is 7.32. The number of allylic oxidation sites excluding steroid dienone is 2. The fourth-order valence-electron chi connectivity index (χ4n) is 1.01. The molecule has 0 saturated carbocycles. The molecule has 0 aromatic heterocycles. The van der Waals surface area contributed by atoms with Crippen LogP contribution in [0.4, 0.5) is 0 Å². The zero-order chi connectivity index (χ0) is 13.5. The fourth-order valence-corrected chi connectivity index (χ4v) is 1.37. The molecule has 0 radical (unpaired) electrons. The smallest absolute Gasteiger partial charge is 0.318 e. The molecule has 1 N–H and O–H groups in total. The van der Waals surface area contributed by atoms with Crippen molar-refractivity contribution in [1.29, 1.82) is 0 Å². The van der Waals surface area contributed by atoms with Gasteiger partial charge in [0, 0.05) is 6.61 Å². The van der Waals surface area contributed by atoms with Crippen LogP contribution in [0.2, 0.25) is 0 Å². The Morgan fingerprint density at radius 2 is 2.00 bits per heavy atom. The third-order valence-electron chi connectivity index (χ3n) is 1.84. The quantitative estimate of drug-likeness (QED) is 0.313. The fraction of sp³-hybridized carbons (Fsp3) is 0.833. The molecule has 2 unspecified atom stereocenters. The van der Waals surface area contributed by atoms with Gasteiger partial charge >= 0.3 is 8.25 Å². The lowest BCUT2D eigenvalue weighted by atomic mass is 10.3. The Bertz CT molecular complexity index is 195. The van der Waals surface area contributed by atoms with Gasteiger partial charge in [0.25, 0.3) is 0 Å². The summed E-state index contributed by atoms with van der Waals surface area (Å²) in [6.45, 7) is 8.46. The number of unbranched alkanes of at least 4 members (excludes halogenated alkanes) is 2. The van der Waals surface area contributed by atoms with Crippen LogP contribution in [0.5, 0.6) is 0 Å². The van der Waals surface area contributed by atoms with Gasteiger partial charge in [0.1, 0.15) is 0 Å². The van der Waals surface area contributed by atoms with Crippen molar-refractivity contribution in [3.63, 3.8) is 0 Å². The summed E-state index contributed by atoms with van der Waals surface area (Å²) in [6, 6.07) is 0. The first-order valence-corrected chi connectivity index (χ1v) is 7.47. The summed E-state index contributed by atoms with van der Waals surface area (Å²) in [5.74, 6) is 0. The van der Waals surface area contributed by atoms with E-state index in [1.165, 1.54) is 0 Å². The average molecular weight is 266 g/mol. The van der Waals surface area contributed by atoms with Crippen molar-refractivity contribution >= 4 is 8.25 Å². The summed E-state index contributed by atoms with van der Waals surface area (Å²) < 4.78 is 19.8. The van der Waals surface area contributed by atoms with Crippen molar-refractivity contribution < 1.29 is 18.7 Å². The molecule has 0 spiro atoms. The number of ether oxygens (including phenoxy) is 1. The molecule has 0 rings (SSSR count). The minimum atomic E-state index is -2.85. The molecule has 0 aliphatic carbocycles. The van der Waals surface area contributed by atoms with Crippen molar-refractivity contribution in [2.24, 2.45) is 0 Å². The number of hydrogen-bond acceptors (Lipinski definition) is 3. The van der Waals surface area contributed by atoms with Crippen LogP contribution in [0, 0.1) is 0 Å². The first-order chi connectivity index (χ1) is 8.08. The van der Waals surface area contributed by atoms with Crippen molar-refractivity contribution in [2.75, 3.05) is 6.61 Å². The van der Waals surface area contributed by atoms with Crippen LogP contribution in [0.15, 0.2) is 12.2 Å². The topological polar surface area (TPSA) is 55.8 Å². The van der Waals surface area contributed by atoms with Crippen molar-refractivity contribution in [2.45, 2.75) is 59.7 Å². The molecular weight excluding hydrogens is 239 g/mol. The van der Waals surface area contributed by atoms with Gasteiger partial charge in [0.2, 0.25) is 0 Å². The van der Waals surface area contributed by atoms with Crippen LogP contribution in [0.1, 0.15) is 53.4 Å². The molecule has 0 amide bonds. The summed E-state index contributed by atoms with van der Waals surface area (Å²) in [6.07, 6.45) is 7.99. The Hall–Kier alpha value is -0.150. The molecule has 0 aliphatic rings. The molecule has 0 aromatic carbocycles. The van der Waals surface area contributed by atoms with Gasteiger partial charge in [0.15, 0.2) is 6.29 Å². The van der Waals surface area contributed by atoms with Gasteiger partial charge in [-0.3, -0.25) is 9.09 Å². The Kier molecular flexibility index (Phi) is 17.9. The predicted octanol–water partition coefficient (Wildman–Crippen LogP) is 3.91. The van der Waals surface area contributed by atoms with Crippen LogP contribution < -0.4 is 0 Å². The SMILES string of the molecule is CC=CCC.CCCCCOC(C)O[PH](=O)O. The van der Waals surface area contributed by atoms with Crippen LogP contribution in [0.3, 0.4) is 0 Å². The second kappa shape index (κ2) is 15.9. The molecule has 17 heavy (non-hydrogen) atoms. The lowest BCUT2D eigenvalue weighted by Crippen LogP contribution is -2.09. The molecule has 0 bridgehead atoms. The predicted molar refractivity (Wildman–Crippen MR) is 72.3 cm³/mol. The van der Waals surface area contributed by atoms with E-state index in [0.29, 0.717) is 6.61 Å². The van der Waals surface area contributed by atoms with Crippen molar-refractivity contribution in [3.05, 3.63) is 12.2 Å². The summed E-state index contributed by atoms with van der Waals surface area (Å²) in [4.78, 5) is 8.37. The zero-order valence-corrected chi connectivity index (χ0v) is 12.4. The van der Waals surface area contributed by atoms with E-state index in [1.807, 2.05) is 6.92 Å². The van der Waals surface area contributed by atoms with E-state index in [0.717, 1.165) is 25.7 Å². The largest absolute Gasteiger partial charge is 0.352 e. The molecule has 5 heteroatoms. The maximum absolute atomic E-state index is 10.2. The molecule has 0 fully saturated rings. The summed E-state index contributed by atoms with van der Waals surface area (Å²) >= 11 is 0. The second-order valence-corrected chi connectivity index (χ2v) is 4.27. The lowest BCUT2D eigenvalue weighted by molar-refractivity contribution is -0.0683. The maximum Gasteiger partial charge on any atom is 0.318 e. The maximum atomic E-state index is 10.2. The van der Waals surface area contributed by atoms with Gasteiger partial charge in [-0.15, -0.1) is 0 Å². The van der Waals surface area contributed by atoms with Crippen molar-refractivity contribution in [3.8, 4) is 0 Å². The van der Waals surface area contributed by atoms with E-state index < -0.39 is 14.5 Å². The van der Waals surface area contributed by atoms with Crippen LogP contribution in [-0.2, 0) is 13.8 Å². The van der Waals surface area contributed by atoms with Crippen molar-refractivity contribution in [1.82, 2.24) is 0 Å². The van der Waals surface area contributed by atoms with Crippen LogP contribution in [0.25, 0.3) is 0 Å². The van der Waals surface area contributed by atoms with Crippen LogP contribution in [-0.4, -0.2) is 17.8 Å². The summed E-state index contributed by atoms with van der Waals surface area (Å²) in [5.41, 5.74) is 0. The monoisotopic (exact) mass is 266 g/mol. The molecule has 0 aromatic rings. The van der Waals surface area contributed by atoms with E-state index >= 15 is 0 Å². The first kappa shape index (κ1) is 19.2. The van der Waals surface area contributed by atoms with Gasteiger partial charge in [0.05, 0.1) is 0 Å². The summed E-state index contributed by atoms with van der Waals surface area (Å²) in [5, 5.41) is 0. The number of rotatable bonds is 8. The Balaban J connectivity index is 0. The lowest BCUT2D eigenvalue weighted by Gasteiger charge is -2.10. The first-order valence-electron chi connectivity index (χ1n) is 6.20. The van der Waals surface area contributed by atoms with E-state index in [2.05, 4.69) is 30.5 Å². The minimum absolute atomic E-state index is 0.571. The highest BCUT2D eigenvalue weighted by atomic mass is 31.1. The highest BCUT2D eigenvalue weighted by Gasteiger charge is 2.03. The molecule has 4 nitrogen and oxygen atoms in total. The highest BCUT2D eigenvalue weighted by Crippen LogP contribution is 2.18. The molecule has 0 saturated heterocycles. The average Bonchev–Trinajstić information content (AvgIpc) is 2.25. The standard InChI is InChI=1S/C7H17O4P.C5H10/c1-3-4-5-6-10-7(2)11-12(8)9;1-3-5-4-2/h7,12H,3-6H2,1-2H3,(H,8,9);3,5H,4H2,1-2H3. The third-order valence-corrected chi connectivity index (χ3v) is 2.37. The van der Waals surface area contributed by atoms with Gasteiger partial charge in [-0.05, 0) is 26.7 Å². The minimum Gasteiger partial charge on any atom is -0.352 e. The number of hydrogen-bond donors (Lipinski definition) is 1. The normalized spacial score (nSPS) is 14.2. The molecular formula is C12H27O4P. The van der Waals surface area contributed by atoms with Gasteiger partial charge in [-0.1, -0.05) is 38.8 Å².